The molecule has 1 aromatic carbocycles. The van der Waals surface area contributed by atoms with E-state index in [9.17, 15) is 12.8 Å². The molecule has 1 aromatic rings. The van der Waals surface area contributed by atoms with Crippen molar-refractivity contribution in [2.45, 2.75) is 23.3 Å². The van der Waals surface area contributed by atoms with Crippen LogP contribution in [-0.2, 0) is 14.8 Å². The van der Waals surface area contributed by atoms with Gasteiger partial charge in [-0.2, -0.15) is 0 Å². The van der Waals surface area contributed by atoms with Crippen molar-refractivity contribution in [2.75, 3.05) is 19.8 Å². The second-order valence-corrected chi connectivity index (χ2v) is 6.28. The van der Waals surface area contributed by atoms with E-state index >= 15 is 0 Å². The third-order valence-electron chi connectivity index (χ3n) is 3.32. The zero-order valence-corrected chi connectivity index (χ0v) is 11.2. The van der Waals surface area contributed by atoms with Crippen LogP contribution >= 0.6 is 0 Å². The van der Waals surface area contributed by atoms with Gasteiger partial charge in [0.2, 0.25) is 10.0 Å². The molecule has 0 amide bonds. The number of sulfonamides is 1. The van der Waals surface area contributed by atoms with E-state index in [1.165, 1.54) is 18.2 Å². The number of rotatable bonds is 4. The van der Waals surface area contributed by atoms with Gasteiger partial charge in [0.1, 0.15) is 10.7 Å². The lowest BCUT2D eigenvalue weighted by molar-refractivity contribution is 0.0502. The molecule has 1 saturated heterocycles. The van der Waals surface area contributed by atoms with E-state index in [1.807, 2.05) is 0 Å². The Balaban J connectivity index is 2.28. The molecule has 1 fully saturated rings. The van der Waals surface area contributed by atoms with Crippen molar-refractivity contribution in [1.82, 2.24) is 4.72 Å². The van der Waals surface area contributed by atoms with Crippen LogP contribution in [0, 0.1) is 5.82 Å². The molecule has 1 aliphatic rings. The first-order valence-electron chi connectivity index (χ1n) is 6.05. The summed E-state index contributed by atoms with van der Waals surface area (Å²) in [5.74, 6) is -0.769. The Bertz CT molecular complexity index is 542. The molecular weight excluding hydrogens is 271 g/mol. The molecule has 2 rings (SSSR count). The van der Waals surface area contributed by atoms with Crippen LogP contribution in [0.1, 0.15) is 12.8 Å². The standard InChI is InChI=1S/C12H17FN2O3S/c13-10-3-1-2-4-11(10)19(16,17)15-12(9-14)5-7-18-8-6-12/h1-4,15H,5-9,14H2. The highest BCUT2D eigenvalue weighted by atomic mass is 32.2. The van der Waals surface area contributed by atoms with Gasteiger partial charge in [-0.3, -0.25) is 0 Å². The van der Waals surface area contributed by atoms with Crippen molar-refractivity contribution in [3.05, 3.63) is 30.1 Å². The second-order valence-electron chi connectivity index (χ2n) is 4.63. The second kappa shape index (κ2) is 5.54. The first-order chi connectivity index (χ1) is 8.99. The van der Waals surface area contributed by atoms with Gasteiger partial charge in [0.25, 0.3) is 0 Å². The molecule has 0 aromatic heterocycles. The van der Waals surface area contributed by atoms with Gasteiger partial charge >= 0.3 is 0 Å². The molecule has 0 atom stereocenters. The van der Waals surface area contributed by atoms with Crippen molar-refractivity contribution in [2.24, 2.45) is 5.73 Å². The molecule has 106 valence electrons. The van der Waals surface area contributed by atoms with Crippen LogP contribution in [0.15, 0.2) is 29.2 Å². The summed E-state index contributed by atoms with van der Waals surface area (Å²) < 4.78 is 45.8. The van der Waals surface area contributed by atoms with E-state index in [0.29, 0.717) is 26.1 Å². The fraction of sp³-hybridized carbons (Fsp3) is 0.500. The molecule has 7 heteroatoms. The van der Waals surface area contributed by atoms with Gasteiger partial charge in [-0.25, -0.2) is 17.5 Å². The van der Waals surface area contributed by atoms with E-state index in [0.717, 1.165) is 6.07 Å². The fourth-order valence-electron chi connectivity index (χ4n) is 2.11. The predicted molar refractivity (Wildman–Crippen MR) is 68.6 cm³/mol. The Morgan fingerprint density at radius 1 is 1.32 bits per heavy atom. The number of nitrogens with two attached hydrogens (primary N) is 1. The summed E-state index contributed by atoms with van der Waals surface area (Å²) in [4.78, 5) is -0.352. The zero-order chi connectivity index (χ0) is 13.9. The highest BCUT2D eigenvalue weighted by Gasteiger charge is 2.36. The average molecular weight is 288 g/mol. The van der Waals surface area contributed by atoms with Crippen LogP contribution in [-0.4, -0.2) is 33.7 Å². The van der Waals surface area contributed by atoms with Gasteiger partial charge in [-0.05, 0) is 25.0 Å². The van der Waals surface area contributed by atoms with Gasteiger partial charge < -0.3 is 10.5 Å². The lowest BCUT2D eigenvalue weighted by atomic mass is 9.92. The minimum Gasteiger partial charge on any atom is -0.381 e. The lowest BCUT2D eigenvalue weighted by Gasteiger charge is -2.36. The smallest absolute Gasteiger partial charge is 0.244 e. The molecule has 0 bridgehead atoms. The summed E-state index contributed by atoms with van der Waals surface area (Å²) in [5.41, 5.74) is 4.93. The minimum atomic E-state index is -3.92. The molecule has 5 nitrogen and oxygen atoms in total. The molecule has 19 heavy (non-hydrogen) atoms. The summed E-state index contributed by atoms with van der Waals surface area (Å²) in [6, 6.07) is 5.28. The third-order valence-corrected chi connectivity index (χ3v) is 4.93. The maximum atomic E-state index is 13.6. The van der Waals surface area contributed by atoms with Gasteiger partial charge in [-0.15, -0.1) is 0 Å². The van der Waals surface area contributed by atoms with Crippen LogP contribution in [0.3, 0.4) is 0 Å². The van der Waals surface area contributed by atoms with Crippen molar-refractivity contribution >= 4 is 10.0 Å². The van der Waals surface area contributed by atoms with Crippen LogP contribution in [0.4, 0.5) is 4.39 Å². The fourth-order valence-corrected chi connectivity index (χ4v) is 3.66. The van der Waals surface area contributed by atoms with Crippen molar-refractivity contribution in [1.29, 1.82) is 0 Å². The van der Waals surface area contributed by atoms with Gasteiger partial charge in [0.05, 0.1) is 0 Å². The maximum absolute atomic E-state index is 13.6. The Hall–Kier alpha value is -1.02. The Labute approximate surface area is 112 Å². The van der Waals surface area contributed by atoms with E-state index in [2.05, 4.69) is 4.72 Å². The lowest BCUT2D eigenvalue weighted by Crippen LogP contribution is -2.56. The van der Waals surface area contributed by atoms with Crippen molar-refractivity contribution in [3.63, 3.8) is 0 Å². The largest absolute Gasteiger partial charge is 0.381 e. The highest BCUT2D eigenvalue weighted by molar-refractivity contribution is 7.89. The first kappa shape index (κ1) is 14.4. The predicted octanol–water partition coefficient (Wildman–Crippen LogP) is 0.612. The molecule has 0 unspecified atom stereocenters. The van der Waals surface area contributed by atoms with E-state index < -0.39 is 21.4 Å². The Kier molecular flexibility index (Phi) is 4.19. The number of hydrogen-bond donors (Lipinski definition) is 2. The van der Waals surface area contributed by atoms with Gasteiger partial charge in [-0.1, -0.05) is 12.1 Å². The number of nitrogens with one attached hydrogen (secondary N) is 1. The first-order valence-corrected chi connectivity index (χ1v) is 7.54. The highest BCUT2D eigenvalue weighted by Crippen LogP contribution is 2.23. The summed E-state index contributed by atoms with van der Waals surface area (Å²) in [6.07, 6.45) is 0.967. The van der Waals surface area contributed by atoms with Crippen LogP contribution in [0.2, 0.25) is 0 Å². The van der Waals surface area contributed by atoms with E-state index in [1.54, 1.807) is 0 Å². The molecular formula is C12H17FN2O3S. The van der Waals surface area contributed by atoms with E-state index in [4.69, 9.17) is 10.5 Å². The van der Waals surface area contributed by atoms with Crippen LogP contribution in [0.5, 0.6) is 0 Å². The quantitative estimate of drug-likeness (QED) is 0.850. The summed E-state index contributed by atoms with van der Waals surface area (Å²) >= 11 is 0. The number of benzene rings is 1. The third kappa shape index (κ3) is 3.11. The molecule has 3 N–H and O–H groups in total. The zero-order valence-electron chi connectivity index (χ0n) is 10.4. The number of halogens is 1. The molecule has 0 spiro atoms. The van der Waals surface area contributed by atoms with Gasteiger partial charge in [0.15, 0.2) is 0 Å². The molecule has 1 heterocycles. The minimum absolute atomic E-state index is 0.157. The number of ether oxygens (including phenoxy) is 1. The van der Waals surface area contributed by atoms with Crippen LogP contribution in [0.25, 0.3) is 0 Å². The number of hydrogen-bond acceptors (Lipinski definition) is 4. The molecule has 0 radical (unpaired) electrons. The average Bonchev–Trinajstić information content (AvgIpc) is 2.39. The summed E-state index contributed by atoms with van der Waals surface area (Å²) in [7, 11) is -3.92. The summed E-state index contributed by atoms with van der Waals surface area (Å²) in [6.45, 7) is 1.04. The summed E-state index contributed by atoms with van der Waals surface area (Å²) in [5, 5.41) is 0. The molecule has 1 aliphatic heterocycles. The van der Waals surface area contributed by atoms with Crippen LogP contribution < -0.4 is 10.5 Å². The normalized spacial score (nSPS) is 19.3. The topological polar surface area (TPSA) is 81.4 Å². The SMILES string of the molecule is NCC1(NS(=O)(=O)c2ccccc2F)CCOCC1. The van der Waals surface area contributed by atoms with Crippen molar-refractivity contribution in [3.8, 4) is 0 Å². The van der Waals surface area contributed by atoms with E-state index in [-0.39, 0.29) is 11.4 Å². The monoisotopic (exact) mass is 288 g/mol. The Morgan fingerprint density at radius 3 is 2.53 bits per heavy atom. The van der Waals surface area contributed by atoms with Gasteiger partial charge in [0, 0.05) is 25.3 Å². The Morgan fingerprint density at radius 2 is 1.95 bits per heavy atom. The molecule has 0 aliphatic carbocycles. The maximum Gasteiger partial charge on any atom is 0.244 e. The molecule has 0 saturated carbocycles. The van der Waals surface area contributed by atoms with Crippen molar-refractivity contribution < 1.29 is 17.5 Å².